The number of hydroxylamine groups is 2. The number of hydrogen-bond donors (Lipinski definition) is 1. The SMILES string of the molecule is CCC1C[C@@H](c2ccccc2)CC(=O)N1O. The van der Waals surface area contributed by atoms with E-state index in [1.54, 1.807) is 0 Å². The first kappa shape index (κ1) is 11.1. The van der Waals surface area contributed by atoms with E-state index in [9.17, 15) is 10.0 Å². The van der Waals surface area contributed by atoms with Gasteiger partial charge in [0.2, 0.25) is 5.91 Å². The summed E-state index contributed by atoms with van der Waals surface area (Å²) < 4.78 is 0. The maximum atomic E-state index is 11.6. The Morgan fingerprint density at radius 2 is 2.06 bits per heavy atom. The maximum Gasteiger partial charge on any atom is 0.246 e. The lowest BCUT2D eigenvalue weighted by atomic mass is 9.85. The van der Waals surface area contributed by atoms with E-state index < -0.39 is 0 Å². The smallest absolute Gasteiger partial charge is 0.246 e. The van der Waals surface area contributed by atoms with Gasteiger partial charge < -0.3 is 0 Å². The predicted octanol–water partition coefficient (Wildman–Crippen LogP) is 2.56. The monoisotopic (exact) mass is 219 g/mol. The minimum atomic E-state index is -0.160. The van der Waals surface area contributed by atoms with Gasteiger partial charge in [-0.05, 0) is 24.3 Å². The van der Waals surface area contributed by atoms with E-state index in [-0.39, 0.29) is 17.9 Å². The Kier molecular flexibility index (Phi) is 3.25. The average molecular weight is 219 g/mol. The summed E-state index contributed by atoms with van der Waals surface area (Å²) in [7, 11) is 0. The van der Waals surface area contributed by atoms with Crippen LogP contribution in [0.25, 0.3) is 0 Å². The number of piperidine rings is 1. The van der Waals surface area contributed by atoms with Gasteiger partial charge in [-0.15, -0.1) is 0 Å². The normalized spacial score (nSPS) is 25.9. The summed E-state index contributed by atoms with van der Waals surface area (Å²) in [5.41, 5.74) is 1.20. The number of amides is 1. The van der Waals surface area contributed by atoms with E-state index in [4.69, 9.17) is 0 Å². The Morgan fingerprint density at radius 1 is 1.38 bits per heavy atom. The summed E-state index contributed by atoms with van der Waals surface area (Å²) in [4.78, 5) is 11.6. The molecular formula is C13H17NO2. The molecule has 0 saturated carbocycles. The van der Waals surface area contributed by atoms with Crippen LogP contribution in [-0.2, 0) is 4.79 Å². The van der Waals surface area contributed by atoms with Gasteiger partial charge in [0, 0.05) is 6.42 Å². The third-order valence-electron chi connectivity index (χ3n) is 3.32. The molecule has 1 aliphatic heterocycles. The van der Waals surface area contributed by atoms with Crippen molar-refractivity contribution in [2.75, 3.05) is 0 Å². The molecule has 1 amide bonds. The molecule has 1 unspecified atom stereocenters. The van der Waals surface area contributed by atoms with E-state index in [2.05, 4.69) is 12.1 Å². The van der Waals surface area contributed by atoms with Gasteiger partial charge in [-0.2, -0.15) is 0 Å². The summed E-state index contributed by atoms with van der Waals surface area (Å²) in [6.45, 7) is 1.99. The Balaban J connectivity index is 2.16. The molecule has 0 bridgehead atoms. The number of rotatable bonds is 2. The van der Waals surface area contributed by atoms with E-state index in [0.29, 0.717) is 6.42 Å². The summed E-state index contributed by atoms with van der Waals surface area (Å²) >= 11 is 0. The van der Waals surface area contributed by atoms with E-state index in [0.717, 1.165) is 17.9 Å². The molecule has 2 atom stereocenters. The van der Waals surface area contributed by atoms with Crippen LogP contribution >= 0.6 is 0 Å². The lowest BCUT2D eigenvalue weighted by molar-refractivity contribution is -0.183. The second kappa shape index (κ2) is 4.66. The minimum absolute atomic E-state index is 0.0357. The van der Waals surface area contributed by atoms with Crippen molar-refractivity contribution in [2.24, 2.45) is 0 Å². The summed E-state index contributed by atoms with van der Waals surface area (Å²) in [6.07, 6.45) is 2.06. The fraction of sp³-hybridized carbons (Fsp3) is 0.462. The predicted molar refractivity (Wildman–Crippen MR) is 61.1 cm³/mol. The van der Waals surface area contributed by atoms with Crippen LogP contribution < -0.4 is 0 Å². The lowest BCUT2D eigenvalue weighted by Crippen LogP contribution is -2.43. The quantitative estimate of drug-likeness (QED) is 0.776. The molecule has 1 fully saturated rings. The van der Waals surface area contributed by atoms with Gasteiger partial charge in [-0.3, -0.25) is 10.0 Å². The summed E-state index contributed by atoms with van der Waals surface area (Å²) in [5, 5.41) is 10.5. The van der Waals surface area contributed by atoms with Crippen LogP contribution in [0.2, 0.25) is 0 Å². The second-order valence-corrected chi connectivity index (χ2v) is 4.35. The van der Waals surface area contributed by atoms with Crippen LogP contribution in [0.4, 0.5) is 0 Å². The van der Waals surface area contributed by atoms with Crippen molar-refractivity contribution in [2.45, 2.75) is 38.1 Å². The first-order chi connectivity index (χ1) is 7.72. The van der Waals surface area contributed by atoms with Gasteiger partial charge >= 0.3 is 0 Å². The first-order valence-corrected chi connectivity index (χ1v) is 5.78. The topological polar surface area (TPSA) is 40.5 Å². The molecule has 1 aliphatic rings. The minimum Gasteiger partial charge on any atom is -0.286 e. The number of nitrogens with zero attached hydrogens (tertiary/aromatic N) is 1. The first-order valence-electron chi connectivity index (χ1n) is 5.78. The van der Waals surface area contributed by atoms with Crippen LogP contribution in [-0.4, -0.2) is 22.2 Å². The fourth-order valence-electron chi connectivity index (χ4n) is 2.34. The zero-order valence-corrected chi connectivity index (χ0v) is 9.47. The van der Waals surface area contributed by atoms with E-state index >= 15 is 0 Å². The molecule has 0 spiro atoms. The molecule has 0 radical (unpaired) electrons. The highest BCUT2D eigenvalue weighted by atomic mass is 16.5. The van der Waals surface area contributed by atoms with Crippen LogP contribution in [0, 0.1) is 0 Å². The summed E-state index contributed by atoms with van der Waals surface area (Å²) in [5.74, 6) is 0.0917. The Bertz CT molecular complexity index is 363. The van der Waals surface area contributed by atoms with Crippen LogP contribution in [0.15, 0.2) is 30.3 Å². The molecule has 1 N–H and O–H groups in total. The van der Waals surface area contributed by atoms with Gasteiger partial charge in [0.15, 0.2) is 0 Å². The van der Waals surface area contributed by atoms with Crippen LogP contribution in [0.3, 0.4) is 0 Å². The van der Waals surface area contributed by atoms with Gasteiger partial charge in [0.05, 0.1) is 6.04 Å². The molecule has 0 aromatic heterocycles. The second-order valence-electron chi connectivity index (χ2n) is 4.35. The molecular weight excluding hydrogens is 202 g/mol. The molecule has 1 aromatic rings. The zero-order valence-electron chi connectivity index (χ0n) is 9.47. The number of carbonyl (C=O) groups is 1. The standard InChI is InChI=1S/C13H17NO2/c1-2-12-8-11(9-13(15)14(12)16)10-6-4-3-5-7-10/h3-7,11-12,16H,2,8-9H2,1H3/t11-,12?/m1/s1. The van der Waals surface area contributed by atoms with E-state index in [1.807, 2.05) is 25.1 Å². The van der Waals surface area contributed by atoms with Gasteiger partial charge in [-0.25, -0.2) is 5.06 Å². The Labute approximate surface area is 95.6 Å². The zero-order chi connectivity index (χ0) is 11.5. The maximum absolute atomic E-state index is 11.6. The van der Waals surface area contributed by atoms with Gasteiger partial charge in [0.25, 0.3) is 0 Å². The summed E-state index contributed by atoms with van der Waals surface area (Å²) in [6, 6.07) is 10.0. The van der Waals surface area contributed by atoms with Gasteiger partial charge in [0.1, 0.15) is 0 Å². The number of carbonyl (C=O) groups excluding carboxylic acids is 1. The molecule has 2 rings (SSSR count). The highest BCUT2D eigenvalue weighted by Gasteiger charge is 2.32. The van der Waals surface area contributed by atoms with Crippen molar-refractivity contribution < 1.29 is 10.0 Å². The molecule has 1 heterocycles. The highest BCUT2D eigenvalue weighted by molar-refractivity contribution is 5.77. The molecule has 0 aliphatic carbocycles. The third kappa shape index (κ3) is 2.09. The highest BCUT2D eigenvalue weighted by Crippen LogP contribution is 2.32. The molecule has 1 aromatic carbocycles. The van der Waals surface area contributed by atoms with Gasteiger partial charge in [-0.1, -0.05) is 37.3 Å². The van der Waals surface area contributed by atoms with Crippen molar-refractivity contribution >= 4 is 5.91 Å². The Morgan fingerprint density at radius 3 is 2.69 bits per heavy atom. The van der Waals surface area contributed by atoms with E-state index in [1.165, 1.54) is 5.56 Å². The van der Waals surface area contributed by atoms with Crippen LogP contribution in [0.5, 0.6) is 0 Å². The third-order valence-corrected chi connectivity index (χ3v) is 3.32. The Hall–Kier alpha value is -1.35. The molecule has 16 heavy (non-hydrogen) atoms. The fourth-order valence-corrected chi connectivity index (χ4v) is 2.34. The van der Waals surface area contributed by atoms with Crippen molar-refractivity contribution in [1.82, 2.24) is 5.06 Å². The molecule has 3 nitrogen and oxygen atoms in total. The van der Waals surface area contributed by atoms with Crippen molar-refractivity contribution in [3.63, 3.8) is 0 Å². The molecule has 3 heteroatoms. The van der Waals surface area contributed by atoms with Crippen molar-refractivity contribution in [3.05, 3.63) is 35.9 Å². The molecule has 1 saturated heterocycles. The van der Waals surface area contributed by atoms with Crippen LogP contribution in [0.1, 0.15) is 37.7 Å². The largest absolute Gasteiger partial charge is 0.286 e. The molecule has 86 valence electrons. The average Bonchev–Trinajstić information content (AvgIpc) is 2.33. The lowest BCUT2D eigenvalue weighted by Gasteiger charge is -2.34. The number of benzene rings is 1. The van der Waals surface area contributed by atoms with Crippen molar-refractivity contribution in [3.8, 4) is 0 Å². The van der Waals surface area contributed by atoms with Crippen molar-refractivity contribution in [1.29, 1.82) is 0 Å². The number of hydrogen-bond acceptors (Lipinski definition) is 2.